The van der Waals surface area contributed by atoms with Gasteiger partial charge in [-0.1, -0.05) is 29.5 Å². The molecular weight excluding hydrogens is 344 g/mol. The standard InChI is InChI=1S/C20H26N4OS/c1-14-7-8-17(15(2)10-14)23-19(25)12-26-20-11-18(21-13-22-20)24-9-5-4-6-16(24)3/h7-8,10-11,13,16H,4-6,9,12H2,1-3H3,(H,23,25)/t16-/m1/s1. The highest BCUT2D eigenvalue weighted by Gasteiger charge is 2.20. The smallest absolute Gasteiger partial charge is 0.234 e. The van der Waals surface area contributed by atoms with Crippen molar-refractivity contribution >= 4 is 29.2 Å². The molecule has 1 aliphatic rings. The second-order valence-electron chi connectivity index (χ2n) is 6.91. The van der Waals surface area contributed by atoms with E-state index in [9.17, 15) is 4.79 Å². The molecule has 1 saturated heterocycles. The number of piperidine rings is 1. The molecule has 1 N–H and O–H groups in total. The summed E-state index contributed by atoms with van der Waals surface area (Å²) in [7, 11) is 0. The molecule has 5 nitrogen and oxygen atoms in total. The Balaban J connectivity index is 1.59. The lowest BCUT2D eigenvalue weighted by molar-refractivity contribution is -0.113. The van der Waals surface area contributed by atoms with Crippen molar-refractivity contribution in [2.75, 3.05) is 22.5 Å². The van der Waals surface area contributed by atoms with Crippen LogP contribution >= 0.6 is 11.8 Å². The fourth-order valence-electron chi connectivity index (χ4n) is 3.28. The van der Waals surface area contributed by atoms with E-state index in [-0.39, 0.29) is 5.91 Å². The van der Waals surface area contributed by atoms with E-state index in [2.05, 4.69) is 33.2 Å². The third-order valence-corrected chi connectivity index (χ3v) is 5.66. The molecule has 0 bridgehead atoms. The van der Waals surface area contributed by atoms with E-state index in [0.29, 0.717) is 11.8 Å². The Kier molecular flexibility index (Phi) is 6.14. The maximum absolute atomic E-state index is 12.3. The minimum absolute atomic E-state index is 0.0199. The highest BCUT2D eigenvalue weighted by molar-refractivity contribution is 7.99. The zero-order chi connectivity index (χ0) is 18.5. The minimum Gasteiger partial charge on any atom is -0.354 e. The van der Waals surface area contributed by atoms with Crippen molar-refractivity contribution < 1.29 is 4.79 Å². The van der Waals surface area contributed by atoms with E-state index in [1.165, 1.54) is 36.6 Å². The Morgan fingerprint density at radius 2 is 2.12 bits per heavy atom. The highest BCUT2D eigenvalue weighted by atomic mass is 32.2. The predicted molar refractivity (Wildman–Crippen MR) is 108 cm³/mol. The molecule has 0 radical (unpaired) electrons. The van der Waals surface area contributed by atoms with E-state index < -0.39 is 0 Å². The number of amides is 1. The van der Waals surface area contributed by atoms with Crippen molar-refractivity contribution in [1.82, 2.24) is 9.97 Å². The first kappa shape index (κ1) is 18.7. The second-order valence-corrected chi connectivity index (χ2v) is 7.90. The number of hydrogen-bond donors (Lipinski definition) is 1. The highest BCUT2D eigenvalue weighted by Crippen LogP contribution is 2.26. The van der Waals surface area contributed by atoms with Crippen molar-refractivity contribution in [2.24, 2.45) is 0 Å². The summed E-state index contributed by atoms with van der Waals surface area (Å²) in [6.07, 6.45) is 5.28. The van der Waals surface area contributed by atoms with E-state index >= 15 is 0 Å². The van der Waals surface area contributed by atoms with Crippen LogP contribution in [-0.2, 0) is 4.79 Å². The Morgan fingerprint density at radius 1 is 1.27 bits per heavy atom. The van der Waals surface area contributed by atoms with E-state index in [4.69, 9.17) is 0 Å². The van der Waals surface area contributed by atoms with Gasteiger partial charge in [0.25, 0.3) is 0 Å². The first-order valence-corrected chi connectivity index (χ1v) is 10.1. The number of nitrogens with one attached hydrogen (secondary N) is 1. The Morgan fingerprint density at radius 3 is 2.88 bits per heavy atom. The monoisotopic (exact) mass is 370 g/mol. The topological polar surface area (TPSA) is 58.1 Å². The number of benzene rings is 1. The minimum atomic E-state index is -0.0199. The first-order chi connectivity index (χ1) is 12.5. The molecule has 0 spiro atoms. The van der Waals surface area contributed by atoms with Crippen LogP contribution in [0.5, 0.6) is 0 Å². The molecule has 138 valence electrons. The van der Waals surface area contributed by atoms with Crippen LogP contribution in [0, 0.1) is 13.8 Å². The van der Waals surface area contributed by atoms with Crippen molar-refractivity contribution in [1.29, 1.82) is 0 Å². The number of aromatic nitrogens is 2. The summed E-state index contributed by atoms with van der Waals surface area (Å²) in [6, 6.07) is 8.53. The van der Waals surface area contributed by atoms with Crippen LogP contribution < -0.4 is 10.2 Å². The maximum atomic E-state index is 12.3. The van der Waals surface area contributed by atoms with Gasteiger partial charge in [-0.05, 0) is 51.7 Å². The lowest BCUT2D eigenvalue weighted by Crippen LogP contribution is -2.38. The van der Waals surface area contributed by atoms with Gasteiger partial charge in [0.15, 0.2) is 0 Å². The van der Waals surface area contributed by atoms with Crippen LogP contribution in [0.25, 0.3) is 0 Å². The summed E-state index contributed by atoms with van der Waals surface area (Å²) < 4.78 is 0. The van der Waals surface area contributed by atoms with Crippen LogP contribution in [-0.4, -0.2) is 34.2 Å². The normalized spacial score (nSPS) is 17.2. The number of nitrogens with zero attached hydrogens (tertiary/aromatic N) is 3. The molecular formula is C20H26N4OS. The van der Waals surface area contributed by atoms with Crippen molar-refractivity contribution in [3.05, 3.63) is 41.7 Å². The molecule has 3 rings (SSSR count). The first-order valence-electron chi connectivity index (χ1n) is 9.11. The Hall–Kier alpha value is -2.08. The fraction of sp³-hybridized carbons (Fsp3) is 0.450. The third kappa shape index (κ3) is 4.75. The maximum Gasteiger partial charge on any atom is 0.234 e. The quantitative estimate of drug-likeness (QED) is 0.631. The molecule has 2 heterocycles. The van der Waals surface area contributed by atoms with Gasteiger partial charge in [-0.25, -0.2) is 9.97 Å². The number of anilines is 2. The average molecular weight is 371 g/mol. The molecule has 1 aromatic carbocycles. The van der Waals surface area contributed by atoms with E-state index in [1.54, 1.807) is 6.33 Å². The average Bonchev–Trinajstić information content (AvgIpc) is 2.63. The van der Waals surface area contributed by atoms with Gasteiger partial charge in [-0.15, -0.1) is 0 Å². The van der Waals surface area contributed by atoms with Gasteiger partial charge in [-0.2, -0.15) is 0 Å². The lowest BCUT2D eigenvalue weighted by Gasteiger charge is -2.34. The summed E-state index contributed by atoms with van der Waals surface area (Å²) in [5.74, 6) is 1.28. The lowest BCUT2D eigenvalue weighted by atomic mass is 10.0. The molecule has 1 atom stereocenters. The molecule has 0 saturated carbocycles. The zero-order valence-corrected chi connectivity index (χ0v) is 16.5. The van der Waals surface area contributed by atoms with Gasteiger partial charge >= 0.3 is 0 Å². The van der Waals surface area contributed by atoms with Gasteiger partial charge in [-0.3, -0.25) is 4.79 Å². The molecule has 1 aliphatic heterocycles. The molecule has 1 fully saturated rings. The summed E-state index contributed by atoms with van der Waals surface area (Å²) in [6.45, 7) is 7.33. The number of thioether (sulfide) groups is 1. The largest absolute Gasteiger partial charge is 0.354 e. The van der Waals surface area contributed by atoms with E-state index in [1.807, 2.05) is 32.0 Å². The fourth-order valence-corrected chi connectivity index (χ4v) is 3.95. The molecule has 2 aromatic rings. The van der Waals surface area contributed by atoms with Crippen molar-refractivity contribution in [2.45, 2.75) is 51.1 Å². The van der Waals surface area contributed by atoms with Gasteiger partial charge in [0.05, 0.1) is 5.75 Å². The number of carbonyl (C=O) groups is 1. The number of hydrogen-bond acceptors (Lipinski definition) is 5. The number of aryl methyl sites for hydroxylation is 2. The predicted octanol–water partition coefficient (Wildman–Crippen LogP) is 4.20. The van der Waals surface area contributed by atoms with Crippen LogP contribution in [0.3, 0.4) is 0 Å². The van der Waals surface area contributed by atoms with E-state index in [0.717, 1.165) is 28.6 Å². The molecule has 26 heavy (non-hydrogen) atoms. The Labute approximate surface area is 159 Å². The number of rotatable bonds is 5. The SMILES string of the molecule is Cc1ccc(NC(=O)CSc2cc(N3CCCC[C@H]3C)ncn2)c(C)c1. The molecule has 0 unspecified atom stereocenters. The van der Waals surface area contributed by atoms with Crippen LogP contribution in [0.1, 0.15) is 37.3 Å². The van der Waals surface area contributed by atoms with Crippen LogP contribution in [0.2, 0.25) is 0 Å². The van der Waals surface area contributed by atoms with Crippen molar-refractivity contribution in [3.63, 3.8) is 0 Å². The second kappa shape index (κ2) is 8.54. The summed E-state index contributed by atoms with van der Waals surface area (Å²) in [4.78, 5) is 23.4. The summed E-state index contributed by atoms with van der Waals surface area (Å²) in [5.41, 5.74) is 3.13. The van der Waals surface area contributed by atoms with Gasteiger partial charge in [0, 0.05) is 24.3 Å². The van der Waals surface area contributed by atoms with Crippen LogP contribution in [0.4, 0.5) is 11.5 Å². The number of carbonyl (C=O) groups excluding carboxylic acids is 1. The third-order valence-electron chi connectivity index (χ3n) is 4.73. The Bertz CT molecular complexity index is 780. The zero-order valence-electron chi connectivity index (χ0n) is 15.7. The molecule has 6 heteroatoms. The van der Waals surface area contributed by atoms with Crippen LogP contribution in [0.15, 0.2) is 35.6 Å². The molecule has 1 aromatic heterocycles. The summed E-state index contributed by atoms with van der Waals surface area (Å²) >= 11 is 1.45. The van der Waals surface area contributed by atoms with Gasteiger partial charge in [0.2, 0.25) is 5.91 Å². The van der Waals surface area contributed by atoms with Gasteiger partial charge < -0.3 is 10.2 Å². The summed E-state index contributed by atoms with van der Waals surface area (Å²) in [5, 5.41) is 3.82. The van der Waals surface area contributed by atoms with Gasteiger partial charge in [0.1, 0.15) is 17.2 Å². The molecule has 1 amide bonds. The molecule has 0 aliphatic carbocycles. The van der Waals surface area contributed by atoms with Crippen molar-refractivity contribution in [3.8, 4) is 0 Å².